The van der Waals surface area contributed by atoms with Crippen LogP contribution in [0.15, 0.2) is 388 Å². The van der Waals surface area contributed by atoms with Crippen LogP contribution in [0.2, 0.25) is 0 Å². The van der Waals surface area contributed by atoms with Crippen molar-refractivity contribution in [1.82, 2.24) is 0 Å². The number of aryl methyl sites for hydroxylation is 6. The van der Waals surface area contributed by atoms with Crippen LogP contribution >= 0.6 is 0 Å². The minimum atomic E-state index is -0.254. The van der Waals surface area contributed by atoms with Gasteiger partial charge in [0, 0.05) is 0 Å². The first-order chi connectivity index (χ1) is 67.5. The summed E-state index contributed by atoms with van der Waals surface area (Å²) in [5, 5.41) is 20.8. The molecule has 0 saturated carbocycles. The summed E-state index contributed by atoms with van der Waals surface area (Å²) in [5.41, 5.74) is 35.8. The molecule has 0 spiro atoms. The van der Waals surface area contributed by atoms with Crippen LogP contribution in [0, 0.1) is 76.4 Å². The predicted molar refractivity (Wildman–Crippen MR) is 581 cm³/mol. The third-order valence-electron chi connectivity index (χ3n) is 28.5. The Kier molecular flexibility index (Phi) is 22.4. The second kappa shape index (κ2) is 35.2. The van der Waals surface area contributed by atoms with Crippen molar-refractivity contribution in [3.05, 3.63) is 468 Å². The zero-order valence-corrected chi connectivity index (χ0v) is 80.2. The van der Waals surface area contributed by atoms with Crippen molar-refractivity contribution in [3.63, 3.8) is 0 Å². The highest BCUT2D eigenvalue weighted by Crippen LogP contribution is 2.55. The lowest BCUT2D eigenvalue weighted by Gasteiger charge is -2.23. The van der Waals surface area contributed by atoms with Crippen LogP contribution in [0.3, 0.4) is 0 Å². The molecule has 6 heteroatoms. The van der Waals surface area contributed by atoms with Gasteiger partial charge < -0.3 is 0 Å². The number of rotatable bonds is 12. The molecule has 0 radical (unpaired) electrons. The fourth-order valence-corrected chi connectivity index (χ4v) is 21.6. The Hall–Kier alpha value is -16.0. The molecule has 0 nitrogen and oxygen atoms in total. The Morgan fingerprint density at radius 1 is 0.129 bits per heavy atom. The molecule has 0 bridgehead atoms. The van der Waals surface area contributed by atoms with Gasteiger partial charge >= 0.3 is 0 Å². The van der Waals surface area contributed by atoms with Gasteiger partial charge in [-0.15, -0.1) is 0 Å². The second-order valence-corrected chi connectivity index (χ2v) is 40.2. The topological polar surface area (TPSA) is 0 Å². The third-order valence-corrected chi connectivity index (χ3v) is 28.5. The highest BCUT2D eigenvalue weighted by molar-refractivity contribution is 6.35. The molecule has 0 heterocycles. The molecule has 24 aromatic carbocycles. The molecule has 0 N–H and O–H groups in total. The molecule has 0 amide bonds. The lowest BCUT2D eigenvalue weighted by Crippen LogP contribution is -2.10. The van der Waals surface area contributed by atoms with E-state index in [0.717, 1.165) is 177 Å². The smallest absolute Gasteiger partial charge is 0.123 e. The Bertz CT molecular complexity index is 8210. The van der Waals surface area contributed by atoms with Crippen molar-refractivity contribution in [1.29, 1.82) is 0 Å². The molecule has 24 rings (SSSR count). The zero-order chi connectivity index (χ0) is 96.6. The Morgan fingerprint density at radius 2 is 0.257 bits per heavy atom. The number of hydrogen-bond donors (Lipinski definition) is 0. The highest BCUT2D eigenvalue weighted by atomic mass is 19.1. The van der Waals surface area contributed by atoms with Gasteiger partial charge in [0.05, 0.1) is 0 Å². The van der Waals surface area contributed by atoms with Gasteiger partial charge in [0.25, 0.3) is 0 Å². The third kappa shape index (κ3) is 16.4. The fourth-order valence-electron chi connectivity index (χ4n) is 21.6. The average molecular weight is 1820 g/mol. The average Bonchev–Trinajstić information content (AvgIpc) is 0.714. The van der Waals surface area contributed by atoms with E-state index in [-0.39, 0.29) is 45.7 Å². The van der Waals surface area contributed by atoms with Gasteiger partial charge in [-0.2, -0.15) is 0 Å². The van der Waals surface area contributed by atoms with Crippen LogP contribution in [0.5, 0.6) is 0 Å². The second-order valence-electron chi connectivity index (χ2n) is 40.2. The van der Waals surface area contributed by atoms with Gasteiger partial charge in [-0.1, -0.05) is 354 Å². The van der Waals surface area contributed by atoms with Crippen LogP contribution in [-0.2, 0) is 10.8 Å². The molecule has 0 atom stereocenters. The SMILES string of the molecule is CC(C)(C)c1ccc(-c2cc(-c3ccc(F)cc3)c3ccc4c(-c5ccc(C(C)(C)C)cc5)cc(-c5ccc(F)cc5)c5ccc2c3c54)cc1.Cc1cc(C)cc(-c2cc(-c3ccc(F)cc3)c3ccc4c(-c5cc(C)cc(C)c5)cc(-c5ccc(F)cc5)c5ccc2c3c54)c1.Cc1ccc(-c2cc(-c3ccc(F)cc3)c3ccc4c(-c5ccc(C)cc5)cc(-c5ccc(F)cc5)c5ccc2c3c45)cc1. The van der Waals surface area contributed by atoms with Crippen LogP contribution in [-0.4, -0.2) is 0 Å². The van der Waals surface area contributed by atoms with E-state index in [0.29, 0.717) is 0 Å². The van der Waals surface area contributed by atoms with Crippen molar-refractivity contribution in [2.45, 2.75) is 93.9 Å². The van der Waals surface area contributed by atoms with Crippen molar-refractivity contribution in [2.24, 2.45) is 0 Å². The number of hydrogen-bond acceptors (Lipinski definition) is 0. The van der Waals surface area contributed by atoms with Crippen molar-refractivity contribution in [3.8, 4) is 134 Å². The first-order valence-corrected chi connectivity index (χ1v) is 48.0. The van der Waals surface area contributed by atoms with Gasteiger partial charge in [-0.25, -0.2) is 26.3 Å². The molecule has 24 aromatic rings. The summed E-state index contributed by atoms with van der Waals surface area (Å²) < 4.78 is 84.9. The monoisotopic (exact) mass is 1820 g/mol. The quantitative estimate of drug-likeness (QED) is 0.0845. The standard InChI is InChI=1S/C48H40F2.C44H32F2.C42H28F2/c1-47(2,3)33-15-7-29(8-16-33)41-27-43(31-11-19-35(49)20-12-31)39-26-24-38-42(30-9-17-34(18-10-30)48(4,5)6)28-44(32-13-21-36(50)22-14-32)40-25-23-37(41)45(39)46(38)40;1-25-17-26(2)20-31(19-25)41-23-39(29-5-9-33(45)10-6-29)35-14-16-38-42(32-21-27(3)18-28(4)22-32)24-40(30-7-11-34(46)12-8-30)36-13-15-37(41)43(35)44(36)38;1-25-3-7-27(8-4-25)37-23-39(29-11-15-31(43)16-12-29)35-22-20-34-38(28-9-5-26(2)6-10-28)24-40(30-13-17-32(44)18-14-30)36-21-19-33(37)41(35)42(34)36/h7-28H,1-6H3;5-24H,1-4H3;3-24H,1-2H3. The largest absolute Gasteiger partial charge is 0.207 e. The summed E-state index contributed by atoms with van der Waals surface area (Å²) in [7, 11) is 0. The van der Waals surface area contributed by atoms with Gasteiger partial charge in [-0.05, 0) is 403 Å². The van der Waals surface area contributed by atoms with E-state index in [1.165, 1.54) is 171 Å². The Balaban J connectivity index is 0.000000121. The molecule has 0 unspecified atom stereocenters. The summed E-state index contributed by atoms with van der Waals surface area (Å²) in [6.07, 6.45) is 0. The van der Waals surface area contributed by atoms with E-state index in [1.807, 2.05) is 72.8 Å². The molecular weight excluding hydrogens is 1720 g/mol. The molecule has 0 aliphatic rings. The van der Waals surface area contributed by atoms with Crippen molar-refractivity contribution >= 4 is 97.0 Å². The summed E-state index contributed by atoms with van der Waals surface area (Å²) >= 11 is 0. The summed E-state index contributed by atoms with van der Waals surface area (Å²) in [6.45, 7) is 26.1. The van der Waals surface area contributed by atoms with Gasteiger partial charge in [0.15, 0.2) is 0 Å². The Morgan fingerprint density at radius 3 is 0.400 bits per heavy atom. The van der Waals surface area contributed by atoms with Gasteiger partial charge in [-0.3, -0.25) is 0 Å². The fraction of sp³-hybridized carbons (Fsp3) is 0.104. The maximum atomic E-state index is 14.2. The van der Waals surface area contributed by atoms with Gasteiger partial charge in [0.2, 0.25) is 0 Å². The molecular formula is C134H100F6. The minimum Gasteiger partial charge on any atom is -0.207 e. The highest BCUT2D eigenvalue weighted by Gasteiger charge is 2.28. The van der Waals surface area contributed by atoms with E-state index in [9.17, 15) is 26.3 Å². The molecule has 140 heavy (non-hydrogen) atoms. The van der Waals surface area contributed by atoms with E-state index in [4.69, 9.17) is 0 Å². The van der Waals surface area contributed by atoms with E-state index in [1.54, 1.807) is 0 Å². The van der Waals surface area contributed by atoms with Crippen LogP contribution < -0.4 is 0 Å². The number of halogens is 6. The molecule has 0 aromatic heterocycles. The van der Waals surface area contributed by atoms with Crippen molar-refractivity contribution in [2.75, 3.05) is 0 Å². The summed E-state index contributed by atoms with van der Waals surface area (Å²) in [6, 6.07) is 130. The minimum absolute atomic E-state index is 0.0404. The van der Waals surface area contributed by atoms with E-state index in [2.05, 4.69) is 326 Å². The molecule has 0 aliphatic carbocycles. The summed E-state index contributed by atoms with van der Waals surface area (Å²) in [4.78, 5) is 0. The van der Waals surface area contributed by atoms with E-state index < -0.39 is 0 Å². The first-order valence-electron chi connectivity index (χ1n) is 48.0. The van der Waals surface area contributed by atoms with Crippen LogP contribution in [0.25, 0.3) is 230 Å². The lowest BCUT2D eigenvalue weighted by molar-refractivity contribution is 0.590. The normalized spacial score (nSPS) is 11.9. The van der Waals surface area contributed by atoms with Crippen LogP contribution in [0.1, 0.15) is 86.1 Å². The molecule has 0 saturated heterocycles. The lowest BCUT2D eigenvalue weighted by atomic mass is 9.81. The van der Waals surface area contributed by atoms with Crippen molar-refractivity contribution < 1.29 is 26.3 Å². The molecule has 678 valence electrons. The first kappa shape index (κ1) is 89.2. The Labute approximate surface area is 812 Å². The van der Waals surface area contributed by atoms with Gasteiger partial charge in [0.1, 0.15) is 34.9 Å². The maximum absolute atomic E-state index is 14.2. The zero-order valence-electron chi connectivity index (χ0n) is 80.2. The predicted octanol–water partition coefficient (Wildman–Crippen LogP) is 39.0. The molecule has 0 aliphatic heterocycles. The summed E-state index contributed by atoms with van der Waals surface area (Å²) in [5.74, 6) is -1.52. The molecule has 0 fully saturated rings. The van der Waals surface area contributed by atoms with Crippen LogP contribution in [0.4, 0.5) is 26.3 Å². The maximum Gasteiger partial charge on any atom is 0.123 e. The van der Waals surface area contributed by atoms with E-state index >= 15 is 0 Å². The number of benzene rings is 24.